The molecule has 1 aromatic carbocycles. The van der Waals surface area contributed by atoms with Crippen LogP contribution in [0.4, 0.5) is 11.4 Å². The van der Waals surface area contributed by atoms with Crippen LogP contribution in [0, 0.1) is 0 Å². The largest absolute Gasteiger partial charge is 0.373 e. The lowest BCUT2D eigenvalue weighted by Gasteiger charge is -2.18. The molecule has 0 unspecified atom stereocenters. The number of unbranched alkanes of at least 4 members (excludes halogenated alkanes) is 1. The minimum absolute atomic E-state index is 0.00248. The summed E-state index contributed by atoms with van der Waals surface area (Å²) < 4.78 is 0. The average molecular weight is 325 g/mol. The molecular weight excluding hydrogens is 302 g/mol. The van der Waals surface area contributed by atoms with Crippen molar-refractivity contribution in [3.05, 3.63) is 53.9 Å². The quantitative estimate of drug-likeness (QED) is 0.787. The van der Waals surface area contributed by atoms with Gasteiger partial charge < -0.3 is 10.2 Å². The van der Waals surface area contributed by atoms with Crippen molar-refractivity contribution in [1.82, 2.24) is 4.98 Å². The van der Waals surface area contributed by atoms with Gasteiger partial charge in [-0.1, -0.05) is 13.3 Å². The first-order valence-corrected chi connectivity index (χ1v) is 8.10. The van der Waals surface area contributed by atoms with Crippen LogP contribution in [-0.2, 0) is 0 Å². The summed E-state index contributed by atoms with van der Waals surface area (Å²) in [6, 6.07) is 10.4. The highest BCUT2D eigenvalue weighted by Gasteiger charge is 2.09. The highest BCUT2D eigenvalue weighted by molar-refractivity contribution is 6.03. The van der Waals surface area contributed by atoms with Crippen molar-refractivity contribution >= 4 is 23.1 Å². The molecule has 126 valence electrons. The van der Waals surface area contributed by atoms with Crippen molar-refractivity contribution < 1.29 is 9.59 Å². The molecule has 0 fully saturated rings. The highest BCUT2D eigenvalue weighted by Crippen LogP contribution is 2.14. The maximum absolute atomic E-state index is 12.2. The normalized spacial score (nSPS) is 10.3. The van der Waals surface area contributed by atoms with E-state index < -0.39 is 0 Å². The molecule has 0 atom stereocenters. The number of nitrogens with one attached hydrogen (secondary N) is 1. The molecule has 0 aliphatic carbocycles. The summed E-state index contributed by atoms with van der Waals surface area (Å²) in [6.45, 7) is 4.63. The third-order valence-corrected chi connectivity index (χ3v) is 3.82. The molecule has 0 aliphatic rings. The molecule has 0 radical (unpaired) electrons. The standard InChI is InChI=1S/C19H23N3O2/c1-4-5-12-22(3)17-10-11-18(20-13-17)19(24)21-16-8-6-15(7-9-16)14(2)23/h6-11,13H,4-5,12H2,1-3H3,(H,21,24). The van der Waals surface area contributed by atoms with Gasteiger partial charge in [0.2, 0.25) is 0 Å². The number of carbonyl (C=O) groups is 2. The summed E-state index contributed by atoms with van der Waals surface area (Å²) in [7, 11) is 2.02. The van der Waals surface area contributed by atoms with E-state index in [1.165, 1.54) is 6.92 Å². The Labute approximate surface area is 142 Å². The number of rotatable bonds is 7. The number of hydrogen-bond acceptors (Lipinski definition) is 4. The van der Waals surface area contributed by atoms with Crippen LogP contribution in [0.25, 0.3) is 0 Å². The first kappa shape index (κ1) is 17.7. The SMILES string of the molecule is CCCCN(C)c1ccc(C(=O)Nc2ccc(C(C)=O)cc2)nc1. The lowest BCUT2D eigenvalue weighted by Crippen LogP contribution is -2.19. The lowest BCUT2D eigenvalue weighted by molar-refractivity contribution is 0.101. The van der Waals surface area contributed by atoms with Gasteiger partial charge in [-0.05, 0) is 49.7 Å². The Bertz CT molecular complexity index is 694. The van der Waals surface area contributed by atoms with Gasteiger partial charge in [0, 0.05) is 24.8 Å². The smallest absolute Gasteiger partial charge is 0.274 e. The Morgan fingerprint density at radius 1 is 1.12 bits per heavy atom. The van der Waals surface area contributed by atoms with E-state index in [9.17, 15) is 9.59 Å². The molecular formula is C19H23N3O2. The number of nitrogens with zero attached hydrogens (tertiary/aromatic N) is 2. The monoisotopic (exact) mass is 325 g/mol. The zero-order valence-corrected chi connectivity index (χ0v) is 14.4. The van der Waals surface area contributed by atoms with Gasteiger partial charge in [0.05, 0.1) is 11.9 Å². The van der Waals surface area contributed by atoms with Crippen molar-refractivity contribution in [2.75, 3.05) is 23.8 Å². The van der Waals surface area contributed by atoms with Crippen molar-refractivity contribution in [2.24, 2.45) is 0 Å². The second kappa shape index (κ2) is 8.24. The Morgan fingerprint density at radius 2 is 1.83 bits per heavy atom. The van der Waals surface area contributed by atoms with E-state index in [2.05, 4.69) is 22.1 Å². The van der Waals surface area contributed by atoms with Gasteiger partial charge in [0.1, 0.15) is 5.69 Å². The van der Waals surface area contributed by atoms with Gasteiger partial charge in [-0.25, -0.2) is 4.98 Å². The number of amides is 1. The van der Waals surface area contributed by atoms with E-state index in [-0.39, 0.29) is 11.7 Å². The molecule has 1 heterocycles. The molecule has 0 bridgehead atoms. The molecule has 0 saturated carbocycles. The van der Waals surface area contributed by atoms with Crippen LogP contribution in [0.5, 0.6) is 0 Å². The molecule has 24 heavy (non-hydrogen) atoms. The predicted octanol–water partition coefficient (Wildman–Crippen LogP) is 3.77. The summed E-state index contributed by atoms with van der Waals surface area (Å²) in [5.41, 5.74) is 2.60. The summed E-state index contributed by atoms with van der Waals surface area (Å²) in [4.78, 5) is 29.8. The molecule has 1 N–H and O–H groups in total. The van der Waals surface area contributed by atoms with Crippen LogP contribution < -0.4 is 10.2 Å². The van der Waals surface area contributed by atoms with Gasteiger partial charge in [-0.3, -0.25) is 9.59 Å². The maximum Gasteiger partial charge on any atom is 0.274 e. The van der Waals surface area contributed by atoms with E-state index in [4.69, 9.17) is 0 Å². The zero-order chi connectivity index (χ0) is 17.5. The topological polar surface area (TPSA) is 62.3 Å². The van der Waals surface area contributed by atoms with Crippen LogP contribution in [0.2, 0.25) is 0 Å². The van der Waals surface area contributed by atoms with Crippen molar-refractivity contribution in [2.45, 2.75) is 26.7 Å². The summed E-state index contributed by atoms with van der Waals surface area (Å²) in [5, 5.41) is 2.78. The second-order valence-corrected chi connectivity index (χ2v) is 5.76. The Balaban J connectivity index is 2.00. The van der Waals surface area contributed by atoms with Gasteiger partial charge >= 0.3 is 0 Å². The Kier molecular flexibility index (Phi) is 6.07. The summed E-state index contributed by atoms with van der Waals surface area (Å²) in [5.74, 6) is -0.273. The fourth-order valence-electron chi connectivity index (χ4n) is 2.25. The van der Waals surface area contributed by atoms with Gasteiger partial charge in [-0.2, -0.15) is 0 Å². The Morgan fingerprint density at radius 3 is 2.38 bits per heavy atom. The number of benzene rings is 1. The number of anilines is 2. The van der Waals surface area contributed by atoms with Crippen LogP contribution in [0.3, 0.4) is 0 Å². The first-order chi connectivity index (χ1) is 11.5. The average Bonchev–Trinajstić information content (AvgIpc) is 2.60. The fourth-order valence-corrected chi connectivity index (χ4v) is 2.25. The lowest BCUT2D eigenvalue weighted by atomic mass is 10.1. The minimum atomic E-state index is -0.270. The van der Waals surface area contributed by atoms with Crippen molar-refractivity contribution in [3.63, 3.8) is 0 Å². The number of Topliss-reactive ketones (excluding diaryl/α,β-unsaturated/α-hetero) is 1. The third-order valence-electron chi connectivity index (χ3n) is 3.82. The van der Waals surface area contributed by atoms with Crippen molar-refractivity contribution in [1.29, 1.82) is 0 Å². The molecule has 2 aromatic rings. The van der Waals surface area contributed by atoms with E-state index in [1.807, 2.05) is 13.1 Å². The number of ketones is 1. The van der Waals surface area contributed by atoms with E-state index in [0.717, 1.165) is 25.1 Å². The number of pyridine rings is 1. The predicted molar refractivity (Wildman–Crippen MR) is 96.8 cm³/mol. The van der Waals surface area contributed by atoms with Gasteiger partial charge in [0.15, 0.2) is 5.78 Å². The summed E-state index contributed by atoms with van der Waals surface area (Å²) >= 11 is 0. The Hall–Kier alpha value is -2.69. The van der Waals surface area contributed by atoms with Gasteiger partial charge in [0.25, 0.3) is 5.91 Å². The second-order valence-electron chi connectivity index (χ2n) is 5.76. The van der Waals surface area contributed by atoms with Crippen LogP contribution in [0.1, 0.15) is 47.5 Å². The zero-order valence-electron chi connectivity index (χ0n) is 14.4. The van der Waals surface area contributed by atoms with E-state index in [1.54, 1.807) is 36.5 Å². The molecule has 0 aliphatic heterocycles. The van der Waals surface area contributed by atoms with Crippen LogP contribution >= 0.6 is 0 Å². The molecule has 2 rings (SSSR count). The molecule has 5 nitrogen and oxygen atoms in total. The first-order valence-electron chi connectivity index (χ1n) is 8.10. The van der Waals surface area contributed by atoms with E-state index >= 15 is 0 Å². The molecule has 0 spiro atoms. The minimum Gasteiger partial charge on any atom is -0.373 e. The third kappa shape index (κ3) is 4.65. The number of hydrogen-bond donors (Lipinski definition) is 1. The molecule has 0 saturated heterocycles. The highest BCUT2D eigenvalue weighted by atomic mass is 16.2. The molecule has 1 aromatic heterocycles. The number of carbonyl (C=O) groups excluding carboxylic acids is 2. The van der Waals surface area contributed by atoms with Crippen LogP contribution in [-0.4, -0.2) is 30.3 Å². The fraction of sp³-hybridized carbons (Fsp3) is 0.316. The molecule has 1 amide bonds. The van der Waals surface area contributed by atoms with E-state index in [0.29, 0.717) is 16.9 Å². The maximum atomic E-state index is 12.2. The van der Waals surface area contributed by atoms with Crippen molar-refractivity contribution in [3.8, 4) is 0 Å². The van der Waals surface area contributed by atoms with Crippen LogP contribution in [0.15, 0.2) is 42.6 Å². The number of aromatic nitrogens is 1. The summed E-state index contributed by atoms with van der Waals surface area (Å²) in [6.07, 6.45) is 3.97. The molecule has 5 heteroatoms. The van der Waals surface area contributed by atoms with Gasteiger partial charge in [-0.15, -0.1) is 0 Å².